The lowest BCUT2D eigenvalue weighted by Crippen LogP contribution is -2.31. The fourth-order valence-corrected chi connectivity index (χ4v) is 2.22. The van der Waals surface area contributed by atoms with Gasteiger partial charge in [0.15, 0.2) is 11.5 Å². The maximum Gasteiger partial charge on any atom is 0.307 e. The first-order valence-corrected chi connectivity index (χ1v) is 8.49. The van der Waals surface area contributed by atoms with Crippen LogP contribution in [0.25, 0.3) is 6.08 Å². The van der Waals surface area contributed by atoms with Crippen molar-refractivity contribution in [3.8, 4) is 11.5 Å². The molecule has 25 heavy (non-hydrogen) atoms. The summed E-state index contributed by atoms with van der Waals surface area (Å²) in [6.07, 6.45) is 3.40. The van der Waals surface area contributed by atoms with Crippen molar-refractivity contribution < 1.29 is 23.8 Å². The fraction of sp³-hybridized carbons (Fsp3) is 0.474. The van der Waals surface area contributed by atoms with E-state index in [0.717, 1.165) is 5.56 Å². The Morgan fingerprint density at radius 2 is 1.88 bits per heavy atom. The second-order valence-corrected chi connectivity index (χ2v) is 5.15. The largest absolute Gasteiger partial charge is 0.493 e. The molecule has 138 valence electrons. The molecule has 0 saturated heterocycles. The number of rotatable bonds is 10. The van der Waals surface area contributed by atoms with Gasteiger partial charge in [0.2, 0.25) is 5.91 Å². The first-order valence-electron chi connectivity index (χ1n) is 8.49. The summed E-state index contributed by atoms with van der Waals surface area (Å²) < 4.78 is 15.6. The molecule has 0 bridgehead atoms. The van der Waals surface area contributed by atoms with Crippen LogP contribution in [-0.2, 0) is 14.3 Å². The zero-order valence-corrected chi connectivity index (χ0v) is 15.4. The van der Waals surface area contributed by atoms with Gasteiger partial charge in [0.05, 0.1) is 26.7 Å². The normalized spacial score (nSPS) is 10.6. The molecule has 0 fully saturated rings. The molecular formula is C19H27NO5. The van der Waals surface area contributed by atoms with Gasteiger partial charge in [-0.05, 0) is 44.5 Å². The lowest BCUT2D eigenvalue weighted by Gasteiger charge is -2.18. The number of methoxy groups -OCH3 is 1. The van der Waals surface area contributed by atoms with Crippen molar-refractivity contribution >= 4 is 18.0 Å². The predicted molar refractivity (Wildman–Crippen MR) is 96.7 cm³/mol. The van der Waals surface area contributed by atoms with E-state index in [1.165, 1.54) is 6.08 Å². The van der Waals surface area contributed by atoms with E-state index in [-0.39, 0.29) is 18.3 Å². The van der Waals surface area contributed by atoms with E-state index < -0.39 is 0 Å². The standard InChI is InChI=1S/C19H27NO5/c1-5-20(13-12-19(22)25-7-3)18(21)11-9-15-8-10-16(24-6-2)17(14-15)23-4/h8-11,14H,5-7,12-13H2,1-4H3/b11-9+. The van der Waals surface area contributed by atoms with Crippen LogP contribution in [0.4, 0.5) is 0 Å². The molecule has 0 aliphatic carbocycles. The Labute approximate surface area is 149 Å². The van der Waals surface area contributed by atoms with Crippen molar-refractivity contribution in [1.29, 1.82) is 0 Å². The molecule has 0 aliphatic rings. The third-order valence-corrected chi connectivity index (χ3v) is 3.49. The molecule has 1 rings (SSSR count). The molecule has 0 aromatic heterocycles. The van der Waals surface area contributed by atoms with Gasteiger partial charge in [-0.15, -0.1) is 0 Å². The third-order valence-electron chi connectivity index (χ3n) is 3.49. The van der Waals surface area contributed by atoms with Crippen LogP contribution in [0.5, 0.6) is 11.5 Å². The Kier molecular flexibility index (Phi) is 9.14. The second kappa shape index (κ2) is 11.1. The summed E-state index contributed by atoms with van der Waals surface area (Å²) in [5, 5.41) is 0. The zero-order chi connectivity index (χ0) is 18.7. The van der Waals surface area contributed by atoms with Gasteiger partial charge in [-0.3, -0.25) is 9.59 Å². The lowest BCUT2D eigenvalue weighted by molar-refractivity contribution is -0.143. The van der Waals surface area contributed by atoms with Crippen LogP contribution in [0, 0.1) is 0 Å². The number of carbonyl (C=O) groups excluding carboxylic acids is 2. The van der Waals surface area contributed by atoms with E-state index in [4.69, 9.17) is 14.2 Å². The summed E-state index contributed by atoms with van der Waals surface area (Å²) in [5.41, 5.74) is 0.829. The molecule has 1 aromatic rings. The number of hydrogen-bond donors (Lipinski definition) is 0. The monoisotopic (exact) mass is 349 g/mol. The van der Waals surface area contributed by atoms with E-state index in [1.807, 2.05) is 32.0 Å². The van der Waals surface area contributed by atoms with Gasteiger partial charge < -0.3 is 19.1 Å². The van der Waals surface area contributed by atoms with Crippen molar-refractivity contribution in [2.45, 2.75) is 27.2 Å². The molecule has 0 radical (unpaired) electrons. The SMILES string of the molecule is CCOC(=O)CCN(CC)C(=O)/C=C/c1ccc(OCC)c(OC)c1. The lowest BCUT2D eigenvalue weighted by atomic mass is 10.2. The quantitative estimate of drug-likeness (QED) is 0.480. The summed E-state index contributed by atoms with van der Waals surface area (Å²) >= 11 is 0. The van der Waals surface area contributed by atoms with E-state index >= 15 is 0 Å². The first-order chi connectivity index (χ1) is 12.0. The number of amides is 1. The molecule has 0 aliphatic heterocycles. The number of nitrogens with zero attached hydrogens (tertiary/aromatic N) is 1. The van der Waals surface area contributed by atoms with Gasteiger partial charge >= 0.3 is 5.97 Å². The van der Waals surface area contributed by atoms with Crippen LogP contribution < -0.4 is 9.47 Å². The zero-order valence-electron chi connectivity index (χ0n) is 15.4. The summed E-state index contributed by atoms with van der Waals surface area (Å²) in [6.45, 7) is 7.29. The Bertz CT molecular complexity index is 597. The maximum atomic E-state index is 12.3. The summed E-state index contributed by atoms with van der Waals surface area (Å²) in [7, 11) is 1.57. The molecule has 0 saturated carbocycles. The molecule has 0 N–H and O–H groups in total. The van der Waals surface area contributed by atoms with Crippen LogP contribution in [0.3, 0.4) is 0 Å². The van der Waals surface area contributed by atoms with E-state index in [9.17, 15) is 9.59 Å². The maximum absolute atomic E-state index is 12.3. The minimum atomic E-state index is -0.297. The molecule has 6 heteroatoms. The summed E-state index contributed by atoms with van der Waals surface area (Å²) in [5.74, 6) is 0.831. The molecule has 0 atom stereocenters. The first kappa shape index (κ1) is 20.5. The summed E-state index contributed by atoms with van der Waals surface area (Å²) in [6, 6.07) is 5.47. The second-order valence-electron chi connectivity index (χ2n) is 5.15. The van der Waals surface area contributed by atoms with Crippen LogP contribution in [0.15, 0.2) is 24.3 Å². The number of carbonyl (C=O) groups is 2. The molecular weight excluding hydrogens is 322 g/mol. The highest BCUT2D eigenvalue weighted by atomic mass is 16.5. The minimum absolute atomic E-state index is 0.153. The average molecular weight is 349 g/mol. The van der Waals surface area contributed by atoms with Crippen molar-refractivity contribution in [1.82, 2.24) is 4.90 Å². The van der Waals surface area contributed by atoms with Crippen LogP contribution in [0.2, 0.25) is 0 Å². The van der Waals surface area contributed by atoms with Crippen molar-refractivity contribution in [3.05, 3.63) is 29.8 Å². The minimum Gasteiger partial charge on any atom is -0.493 e. The number of likely N-dealkylation sites (N-methyl/N-ethyl adjacent to an activating group) is 1. The number of benzene rings is 1. The van der Waals surface area contributed by atoms with Gasteiger partial charge in [-0.2, -0.15) is 0 Å². The van der Waals surface area contributed by atoms with Crippen LogP contribution in [0.1, 0.15) is 32.8 Å². The van der Waals surface area contributed by atoms with Crippen LogP contribution in [-0.4, -0.2) is 50.2 Å². The highest BCUT2D eigenvalue weighted by Gasteiger charge is 2.11. The highest BCUT2D eigenvalue weighted by Crippen LogP contribution is 2.28. The third kappa shape index (κ3) is 6.87. The topological polar surface area (TPSA) is 65.1 Å². The van der Waals surface area contributed by atoms with Crippen LogP contribution >= 0.6 is 0 Å². The van der Waals surface area contributed by atoms with E-state index in [2.05, 4.69) is 0 Å². The number of esters is 1. The van der Waals surface area contributed by atoms with Crippen molar-refractivity contribution in [2.75, 3.05) is 33.4 Å². The molecule has 0 spiro atoms. The predicted octanol–water partition coefficient (Wildman–Crippen LogP) is 2.91. The molecule has 0 heterocycles. The molecule has 1 amide bonds. The Morgan fingerprint density at radius 3 is 2.48 bits per heavy atom. The van der Waals surface area contributed by atoms with Crippen molar-refractivity contribution in [2.24, 2.45) is 0 Å². The van der Waals surface area contributed by atoms with Gasteiger partial charge in [-0.1, -0.05) is 6.07 Å². The van der Waals surface area contributed by atoms with Gasteiger partial charge in [0.1, 0.15) is 0 Å². The van der Waals surface area contributed by atoms with E-state index in [1.54, 1.807) is 25.0 Å². The highest BCUT2D eigenvalue weighted by molar-refractivity contribution is 5.92. The summed E-state index contributed by atoms with van der Waals surface area (Å²) in [4.78, 5) is 25.3. The smallest absolute Gasteiger partial charge is 0.307 e. The molecule has 0 unspecified atom stereocenters. The number of hydrogen-bond acceptors (Lipinski definition) is 5. The Hall–Kier alpha value is -2.50. The fourth-order valence-electron chi connectivity index (χ4n) is 2.22. The Morgan fingerprint density at radius 1 is 1.12 bits per heavy atom. The average Bonchev–Trinajstić information content (AvgIpc) is 2.61. The van der Waals surface area contributed by atoms with Gasteiger partial charge in [0, 0.05) is 19.2 Å². The van der Waals surface area contributed by atoms with Gasteiger partial charge in [-0.25, -0.2) is 0 Å². The molecule has 6 nitrogen and oxygen atoms in total. The van der Waals surface area contributed by atoms with Crippen molar-refractivity contribution in [3.63, 3.8) is 0 Å². The number of ether oxygens (including phenoxy) is 3. The van der Waals surface area contributed by atoms with Gasteiger partial charge in [0.25, 0.3) is 0 Å². The Balaban J connectivity index is 2.71. The molecule has 1 aromatic carbocycles. The van der Waals surface area contributed by atoms with E-state index in [0.29, 0.717) is 37.8 Å².